The molecule has 0 amide bonds. The first-order chi connectivity index (χ1) is 11.0. The van der Waals surface area contributed by atoms with E-state index >= 15 is 0 Å². The molecule has 0 aliphatic carbocycles. The highest BCUT2D eigenvalue weighted by atomic mass is 16.3. The van der Waals surface area contributed by atoms with Crippen LogP contribution in [0.25, 0.3) is 11.1 Å². The van der Waals surface area contributed by atoms with Gasteiger partial charge >= 0.3 is 0 Å². The molecule has 130 valence electrons. The first kappa shape index (κ1) is 18.5. The van der Waals surface area contributed by atoms with Gasteiger partial charge in [-0.15, -0.1) is 0 Å². The zero-order valence-corrected chi connectivity index (χ0v) is 16.0. The van der Waals surface area contributed by atoms with Crippen molar-refractivity contribution in [1.82, 2.24) is 10.3 Å². The van der Waals surface area contributed by atoms with Gasteiger partial charge in [-0.2, -0.15) is 0 Å². The Labute approximate surface area is 146 Å². The van der Waals surface area contributed by atoms with Gasteiger partial charge in [0.25, 0.3) is 0 Å². The largest absolute Gasteiger partial charge is 0.507 e. The summed E-state index contributed by atoms with van der Waals surface area (Å²) < 4.78 is 0. The Morgan fingerprint density at radius 2 is 1.67 bits per heavy atom. The molecule has 2 rings (SSSR count). The molecule has 1 heterocycles. The van der Waals surface area contributed by atoms with Crippen LogP contribution in [-0.4, -0.2) is 15.6 Å². The average molecular weight is 326 g/mol. The Morgan fingerprint density at radius 1 is 1.00 bits per heavy atom. The quantitative estimate of drug-likeness (QED) is 0.839. The van der Waals surface area contributed by atoms with Crippen LogP contribution < -0.4 is 5.32 Å². The lowest BCUT2D eigenvalue weighted by Gasteiger charge is -2.25. The first-order valence-electron chi connectivity index (χ1n) is 8.51. The molecule has 0 spiro atoms. The summed E-state index contributed by atoms with van der Waals surface area (Å²) >= 11 is 0. The Hall–Kier alpha value is -1.87. The van der Waals surface area contributed by atoms with Crippen molar-refractivity contribution in [2.75, 3.05) is 0 Å². The SMILES string of the molecule is Cc1cncc(-c2cc(C(C)(C)C)cc(CNC(C)(C)C)c2O)c1. The number of aryl methyl sites for hydroxylation is 1. The van der Waals surface area contributed by atoms with Crippen molar-refractivity contribution in [3.05, 3.63) is 47.3 Å². The van der Waals surface area contributed by atoms with Crippen molar-refractivity contribution < 1.29 is 5.11 Å². The van der Waals surface area contributed by atoms with Gasteiger partial charge < -0.3 is 10.4 Å². The van der Waals surface area contributed by atoms with Gasteiger partial charge in [0.15, 0.2) is 0 Å². The van der Waals surface area contributed by atoms with Crippen molar-refractivity contribution in [2.24, 2.45) is 0 Å². The highest BCUT2D eigenvalue weighted by Crippen LogP contribution is 2.37. The van der Waals surface area contributed by atoms with E-state index in [0.29, 0.717) is 12.3 Å². The fourth-order valence-corrected chi connectivity index (χ4v) is 2.55. The highest BCUT2D eigenvalue weighted by molar-refractivity contribution is 5.73. The van der Waals surface area contributed by atoms with E-state index < -0.39 is 0 Å². The van der Waals surface area contributed by atoms with Crippen LogP contribution in [0.1, 0.15) is 58.2 Å². The summed E-state index contributed by atoms with van der Waals surface area (Å²) in [6, 6.07) is 6.27. The van der Waals surface area contributed by atoms with Crippen LogP contribution >= 0.6 is 0 Å². The lowest BCUT2D eigenvalue weighted by atomic mass is 9.83. The fraction of sp³-hybridized carbons (Fsp3) is 0.476. The topological polar surface area (TPSA) is 45.2 Å². The molecule has 0 aliphatic rings. The molecule has 0 aliphatic heterocycles. The van der Waals surface area contributed by atoms with Gasteiger partial charge in [0.05, 0.1) is 0 Å². The number of nitrogens with zero attached hydrogens (tertiary/aromatic N) is 1. The molecule has 0 saturated heterocycles. The molecule has 24 heavy (non-hydrogen) atoms. The smallest absolute Gasteiger partial charge is 0.127 e. The van der Waals surface area contributed by atoms with Crippen LogP contribution in [0, 0.1) is 6.92 Å². The van der Waals surface area contributed by atoms with Gasteiger partial charge in [-0.1, -0.05) is 26.8 Å². The molecule has 2 N–H and O–H groups in total. The molecule has 2 aromatic rings. The first-order valence-corrected chi connectivity index (χ1v) is 8.51. The summed E-state index contributed by atoms with van der Waals surface area (Å²) in [6.07, 6.45) is 3.64. The number of aromatic nitrogens is 1. The number of phenolic OH excluding ortho intramolecular Hbond substituents is 1. The normalized spacial score (nSPS) is 12.5. The molecule has 0 bridgehead atoms. The van der Waals surface area contributed by atoms with E-state index in [1.807, 2.05) is 19.3 Å². The van der Waals surface area contributed by atoms with E-state index in [0.717, 1.165) is 22.3 Å². The maximum Gasteiger partial charge on any atom is 0.127 e. The van der Waals surface area contributed by atoms with E-state index in [1.165, 1.54) is 5.56 Å². The Kier molecular flexibility index (Phi) is 5.05. The third-order valence-corrected chi connectivity index (χ3v) is 4.05. The van der Waals surface area contributed by atoms with Gasteiger partial charge in [-0.3, -0.25) is 4.98 Å². The lowest BCUT2D eigenvalue weighted by molar-refractivity contribution is 0.411. The molecule has 3 nitrogen and oxygen atoms in total. The third-order valence-electron chi connectivity index (χ3n) is 4.05. The third kappa shape index (κ3) is 4.57. The minimum atomic E-state index is -0.00473. The number of phenols is 1. The van der Waals surface area contributed by atoms with Crippen molar-refractivity contribution in [3.8, 4) is 16.9 Å². The van der Waals surface area contributed by atoms with Crippen LogP contribution in [0.15, 0.2) is 30.6 Å². The number of hydrogen-bond donors (Lipinski definition) is 2. The molecule has 0 radical (unpaired) electrons. The summed E-state index contributed by atoms with van der Waals surface area (Å²) in [5, 5.41) is 14.3. The van der Waals surface area contributed by atoms with Crippen molar-refractivity contribution >= 4 is 0 Å². The summed E-state index contributed by atoms with van der Waals surface area (Å²) in [5.41, 5.74) is 5.03. The molecule has 3 heteroatoms. The number of rotatable bonds is 3. The Morgan fingerprint density at radius 3 is 2.21 bits per heavy atom. The van der Waals surface area contributed by atoms with Gasteiger partial charge in [0.1, 0.15) is 5.75 Å². The number of benzene rings is 1. The Bertz CT molecular complexity index is 722. The predicted molar refractivity (Wildman–Crippen MR) is 101 cm³/mol. The number of hydrogen-bond acceptors (Lipinski definition) is 3. The van der Waals surface area contributed by atoms with Crippen molar-refractivity contribution in [2.45, 2.75) is 66.0 Å². The second-order valence-electron chi connectivity index (χ2n) is 8.64. The van der Waals surface area contributed by atoms with Gasteiger partial charge in [-0.25, -0.2) is 0 Å². The van der Waals surface area contributed by atoms with Gasteiger partial charge in [0, 0.05) is 41.2 Å². The lowest BCUT2D eigenvalue weighted by Crippen LogP contribution is -2.35. The molecular weight excluding hydrogens is 296 g/mol. The maximum absolute atomic E-state index is 10.9. The molecule has 0 atom stereocenters. The molecular formula is C21H30N2O. The summed E-state index contributed by atoms with van der Waals surface area (Å²) in [7, 11) is 0. The minimum Gasteiger partial charge on any atom is -0.507 e. The number of nitrogens with one attached hydrogen (secondary N) is 1. The van der Waals surface area contributed by atoms with E-state index in [9.17, 15) is 5.11 Å². The molecule has 0 fully saturated rings. The zero-order valence-electron chi connectivity index (χ0n) is 16.0. The monoisotopic (exact) mass is 326 g/mol. The van der Waals surface area contributed by atoms with E-state index in [2.05, 4.69) is 70.0 Å². The van der Waals surface area contributed by atoms with Crippen molar-refractivity contribution in [1.29, 1.82) is 0 Å². The van der Waals surface area contributed by atoms with Gasteiger partial charge in [0.2, 0.25) is 0 Å². The standard InChI is InChI=1S/C21H30N2O/c1-14-8-15(12-22-11-14)18-10-17(20(2,3)4)9-16(19(18)24)13-23-21(5,6)7/h8-12,23-24H,13H2,1-7H3. The zero-order chi connectivity index (χ0) is 18.1. The highest BCUT2D eigenvalue weighted by Gasteiger charge is 2.20. The second kappa shape index (κ2) is 6.56. The van der Waals surface area contributed by atoms with Crippen LogP contribution in [0.5, 0.6) is 5.75 Å². The minimum absolute atomic E-state index is 0.00473. The summed E-state index contributed by atoms with van der Waals surface area (Å²) in [4.78, 5) is 4.28. The van der Waals surface area contributed by atoms with Crippen LogP contribution in [0.4, 0.5) is 0 Å². The summed E-state index contributed by atoms with van der Waals surface area (Å²) in [6.45, 7) is 15.6. The molecule has 0 unspecified atom stereocenters. The van der Waals surface area contributed by atoms with E-state index in [4.69, 9.17) is 0 Å². The van der Waals surface area contributed by atoms with Crippen LogP contribution in [0.2, 0.25) is 0 Å². The van der Waals surface area contributed by atoms with Gasteiger partial charge in [-0.05, 0) is 56.4 Å². The maximum atomic E-state index is 10.9. The van der Waals surface area contributed by atoms with Crippen LogP contribution in [0.3, 0.4) is 0 Å². The van der Waals surface area contributed by atoms with E-state index in [-0.39, 0.29) is 11.0 Å². The molecule has 0 saturated carbocycles. The van der Waals surface area contributed by atoms with Crippen LogP contribution in [-0.2, 0) is 12.0 Å². The Balaban J connectivity index is 2.57. The molecule has 1 aromatic carbocycles. The van der Waals surface area contributed by atoms with E-state index in [1.54, 1.807) is 0 Å². The second-order valence-corrected chi connectivity index (χ2v) is 8.64. The fourth-order valence-electron chi connectivity index (χ4n) is 2.55. The summed E-state index contributed by atoms with van der Waals surface area (Å²) in [5.74, 6) is 0.340. The average Bonchev–Trinajstić information content (AvgIpc) is 2.44. The number of pyridine rings is 1. The number of aromatic hydroxyl groups is 1. The predicted octanol–water partition coefficient (Wildman–Crippen LogP) is 4.95. The van der Waals surface area contributed by atoms with Crippen molar-refractivity contribution in [3.63, 3.8) is 0 Å². The molecule has 1 aromatic heterocycles.